The summed E-state index contributed by atoms with van der Waals surface area (Å²) in [6, 6.07) is 10.0. The minimum absolute atomic E-state index is 0.0211. The van der Waals surface area contributed by atoms with Crippen LogP contribution in [0.3, 0.4) is 0 Å². The zero-order chi connectivity index (χ0) is 13.5. The summed E-state index contributed by atoms with van der Waals surface area (Å²) in [5, 5.41) is 9.36. The van der Waals surface area contributed by atoms with E-state index in [4.69, 9.17) is 4.74 Å². The summed E-state index contributed by atoms with van der Waals surface area (Å²) < 4.78 is 29.0. The van der Waals surface area contributed by atoms with E-state index in [-0.39, 0.29) is 17.6 Å². The Morgan fingerprint density at radius 1 is 1.42 bits per heavy atom. The van der Waals surface area contributed by atoms with Gasteiger partial charge >= 0.3 is 0 Å². The molecule has 0 aliphatic carbocycles. The smallest absolute Gasteiger partial charge is 0.151 e. The van der Waals surface area contributed by atoms with Gasteiger partial charge in [-0.05, 0) is 18.1 Å². The molecule has 3 rings (SSSR count). The van der Waals surface area contributed by atoms with Crippen molar-refractivity contribution in [1.29, 1.82) is 5.26 Å². The maximum Gasteiger partial charge on any atom is 0.151 e. The quantitative estimate of drug-likeness (QED) is 0.825. The first-order valence-electron chi connectivity index (χ1n) is 6.38. The Kier molecular flexibility index (Phi) is 2.79. The molecule has 4 nitrogen and oxygen atoms in total. The van der Waals surface area contributed by atoms with Gasteiger partial charge < -0.3 is 4.74 Å². The number of benzene rings is 1. The van der Waals surface area contributed by atoms with Crippen molar-refractivity contribution >= 4 is 9.84 Å². The highest BCUT2D eigenvalue weighted by atomic mass is 32.2. The molecule has 1 saturated heterocycles. The van der Waals surface area contributed by atoms with E-state index >= 15 is 0 Å². The van der Waals surface area contributed by atoms with Gasteiger partial charge in [0.1, 0.15) is 11.9 Å². The van der Waals surface area contributed by atoms with Crippen molar-refractivity contribution in [2.45, 2.75) is 25.4 Å². The summed E-state index contributed by atoms with van der Waals surface area (Å²) in [6.45, 7) is 0. The molecule has 0 N–H and O–H groups in total. The van der Waals surface area contributed by atoms with Crippen molar-refractivity contribution in [2.75, 3.05) is 11.5 Å². The molecule has 2 aliphatic rings. The molecule has 2 heterocycles. The zero-order valence-corrected chi connectivity index (χ0v) is 11.3. The van der Waals surface area contributed by atoms with E-state index in [0.29, 0.717) is 12.8 Å². The van der Waals surface area contributed by atoms with E-state index in [1.165, 1.54) is 0 Å². The number of hydrogen-bond donors (Lipinski definition) is 0. The average molecular weight is 277 g/mol. The van der Waals surface area contributed by atoms with Gasteiger partial charge in [0.05, 0.1) is 23.0 Å². The van der Waals surface area contributed by atoms with Crippen LogP contribution in [0.2, 0.25) is 0 Å². The summed E-state index contributed by atoms with van der Waals surface area (Å²) in [5.41, 5.74) is 0.382. The Morgan fingerprint density at radius 2 is 2.21 bits per heavy atom. The maximum absolute atomic E-state index is 11.6. The fourth-order valence-electron chi connectivity index (χ4n) is 3.01. The average Bonchev–Trinajstić information content (AvgIpc) is 2.90. The maximum atomic E-state index is 11.6. The molecular formula is C14H15NO3S. The molecule has 0 radical (unpaired) electrons. The minimum Gasteiger partial charge on any atom is -0.490 e. The minimum atomic E-state index is -3.05. The predicted octanol–water partition coefficient (Wildman–Crippen LogP) is 1.71. The van der Waals surface area contributed by atoms with Crippen LogP contribution in [0.15, 0.2) is 24.3 Å². The number of sulfone groups is 1. The van der Waals surface area contributed by atoms with E-state index in [1.54, 1.807) is 0 Å². The fourth-order valence-corrected chi connectivity index (χ4v) is 5.03. The fraction of sp³-hybridized carbons (Fsp3) is 0.500. The highest BCUT2D eigenvalue weighted by molar-refractivity contribution is 7.91. The standard InChI is InChI=1S/C14H15NO3S/c15-9-14(5-6-19(16,17)10-14)8-12-7-11-3-1-2-4-13(11)18-12/h1-4,12H,5-8,10H2. The molecule has 1 aromatic carbocycles. The normalized spacial score (nSPS) is 31.4. The van der Waals surface area contributed by atoms with Crippen LogP contribution in [-0.4, -0.2) is 26.0 Å². The summed E-state index contributed by atoms with van der Waals surface area (Å²) in [4.78, 5) is 0. The first-order chi connectivity index (χ1) is 9.02. The van der Waals surface area contributed by atoms with Crippen LogP contribution in [0.5, 0.6) is 5.75 Å². The third-order valence-corrected chi connectivity index (χ3v) is 5.78. The van der Waals surface area contributed by atoms with Crippen LogP contribution >= 0.6 is 0 Å². The first kappa shape index (κ1) is 12.5. The SMILES string of the molecule is N#CC1(CC2Cc3ccccc3O2)CCS(=O)(=O)C1. The molecule has 1 aromatic rings. The highest BCUT2D eigenvalue weighted by Crippen LogP contribution is 2.40. The number of nitrogens with zero attached hydrogens (tertiary/aromatic N) is 1. The second-order valence-corrected chi connectivity index (χ2v) is 7.67. The molecule has 0 amide bonds. The van der Waals surface area contributed by atoms with Crippen molar-refractivity contribution in [3.05, 3.63) is 29.8 Å². The number of hydrogen-bond acceptors (Lipinski definition) is 4. The lowest BCUT2D eigenvalue weighted by atomic mass is 9.82. The molecule has 5 heteroatoms. The lowest BCUT2D eigenvalue weighted by molar-refractivity contribution is 0.177. The summed E-state index contributed by atoms with van der Waals surface area (Å²) in [7, 11) is -3.05. The Labute approximate surface area is 112 Å². The Bertz CT molecular complexity index is 622. The molecule has 0 spiro atoms. The van der Waals surface area contributed by atoms with Crippen molar-refractivity contribution in [3.63, 3.8) is 0 Å². The number of rotatable bonds is 2. The van der Waals surface area contributed by atoms with Gasteiger partial charge in [-0.2, -0.15) is 5.26 Å². The van der Waals surface area contributed by atoms with E-state index in [0.717, 1.165) is 17.7 Å². The lowest BCUT2D eigenvalue weighted by Gasteiger charge is -2.22. The van der Waals surface area contributed by atoms with Crippen LogP contribution in [-0.2, 0) is 16.3 Å². The number of para-hydroxylation sites is 1. The van der Waals surface area contributed by atoms with Crippen molar-refractivity contribution in [3.8, 4) is 11.8 Å². The molecule has 100 valence electrons. The summed E-state index contributed by atoms with van der Waals surface area (Å²) in [6.07, 6.45) is 1.62. The van der Waals surface area contributed by atoms with Gasteiger partial charge in [0.25, 0.3) is 0 Å². The van der Waals surface area contributed by atoms with Gasteiger partial charge in [0, 0.05) is 12.8 Å². The van der Waals surface area contributed by atoms with Gasteiger partial charge in [-0.25, -0.2) is 8.42 Å². The predicted molar refractivity (Wildman–Crippen MR) is 70.5 cm³/mol. The largest absolute Gasteiger partial charge is 0.490 e. The van der Waals surface area contributed by atoms with E-state index < -0.39 is 15.3 Å². The molecular weight excluding hydrogens is 262 g/mol. The van der Waals surface area contributed by atoms with E-state index in [2.05, 4.69) is 6.07 Å². The van der Waals surface area contributed by atoms with Crippen molar-refractivity contribution in [2.24, 2.45) is 5.41 Å². The van der Waals surface area contributed by atoms with Crippen LogP contribution in [0.1, 0.15) is 18.4 Å². The van der Waals surface area contributed by atoms with Crippen LogP contribution in [0.4, 0.5) is 0 Å². The number of nitriles is 1. The molecule has 2 unspecified atom stereocenters. The van der Waals surface area contributed by atoms with Gasteiger partial charge in [0.2, 0.25) is 0 Å². The molecule has 0 saturated carbocycles. The molecule has 0 aromatic heterocycles. The van der Waals surface area contributed by atoms with Gasteiger partial charge in [-0.3, -0.25) is 0 Å². The van der Waals surface area contributed by atoms with Crippen LogP contribution < -0.4 is 4.74 Å². The number of ether oxygens (including phenoxy) is 1. The van der Waals surface area contributed by atoms with Crippen LogP contribution in [0.25, 0.3) is 0 Å². The first-order valence-corrected chi connectivity index (χ1v) is 8.20. The summed E-state index contributed by atoms with van der Waals surface area (Å²) in [5.74, 6) is 0.967. The third-order valence-electron chi connectivity index (χ3n) is 3.96. The summed E-state index contributed by atoms with van der Waals surface area (Å²) >= 11 is 0. The molecule has 2 atom stereocenters. The topological polar surface area (TPSA) is 67.2 Å². The third kappa shape index (κ3) is 2.33. The molecule has 19 heavy (non-hydrogen) atoms. The van der Waals surface area contributed by atoms with Crippen LogP contribution in [0, 0.1) is 16.7 Å². The van der Waals surface area contributed by atoms with E-state index in [1.807, 2.05) is 24.3 Å². The monoisotopic (exact) mass is 277 g/mol. The lowest BCUT2D eigenvalue weighted by Crippen LogP contribution is -2.28. The Balaban J connectivity index is 1.76. The van der Waals surface area contributed by atoms with Crippen molar-refractivity contribution < 1.29 is 13.2 Å². The Morgan fingerprint density at radius 3 is 2.84 bits per heavy atom. The zero-order valence-electron chi connectivity index (χ0n) is 10.5. The van der Waals surface area contributed by atoms with E-state index in [9.17, 15) is 13.7 Å². The second kappa shape index (κ2) is 4.24. The molecule has 1 fully saturated rings. The van der Waals surface area contributed by atoms with Crippen molar-refractivity contribution in [1.82, 2.24) is 0 Å². The highest BCUT2D eigenvalue weighted by Gasteiger charge is 2.45. The Hall–Kier alpha value is -1.54. The molecule has 0 bridgehead atoms. The van der Waals surface area contributed by atoms with Gasteiger partial charge in [-0.15, -0.1) is 0 Å². The second-order valence-electron chi connectivity index (χ2n) is 5.49. The number of fused-ring (bicyclic) bond motifs is 1. The van der Waals surface area contributed by atoms with Gasteiger partial charge in [-0.1, -0.05) is 18.2 Å². The molecule has 2 aliphatic heterocycles. The van der Waals surface area contributed by atoms with Gasteiger partial charge in [0.15, 0.2) is 9.84 Å².